The quantitative estimate of drug-likeness (QED) is 0.477. The Morgan fingerprint density at radius 1 is 0.914 bits per heavy atom. The minimum absolute atomic E-state index is 0.654. The van der Waals surface area contributed by atoms with Crippen LogP contribution >= 0.6 is 0 Å². The van der Waals surface area contributed by atoms with Gasteiger partial charge < -0.3 is 29.3 Å². The van der Waals surface area contributed by atoms with Gasteiger partial charge in [-0.3, -0.25) is 0 Å². The van der Waals surface area contributed by atoms with E-state index in [1.807, 2.05) is 18.5 Å². The number of ether oxygens (including phenoxy) is 1. The van der Waals surface area contributed by atoms with Crippen LogP contribution in [0.3, 0.4) is 0 Å². The molecule has 2 aliphatic rings. The van der Waals surface area contributed by atoms with E-state index >= 15 is 0 Å². The number of benzene rings is 1. The van der Waals surface area contributed by atoms with Crippen molar-refractivity contribution in [2.75, 3.05) is 69.7 Å². The molecule has 0 amide bonds. The van der Waals surface area contributed by atoms with Gasteiger partial charge in [0.25, 0.3) is 0 Å². The van der Waals surface area contributed by atoms with E-state index in [0.717, 1.165) is 80.5 Å². The highest BCUT2D eigenvalue weighted by molar-refractivity contribution is 5.85. The Morgan fingerprint density at radius 2 is 1.69 bits per heavy atom. The van der Waals surface area contributed by atoms with Crippen molar-refractivity contribution in [3.63, 3.8) is 0 Å². The lowest BCUT2D eigenvalue weighted by Gasteiger charge is -2.34. The summed E-state index contributed by atoms with van der Waals surface area (Å²) in [5.74, 6) is 2.46. The molecule has 0 unspecified atom stereocenters. The predicted octanol–water partition coefficient (Wildman–Crippen LogP) is 3.07. The lowest BCUT2D eigenvalue weighted by atomic mass is 10.2. The van der Waals surface area contributed by atoms with E-state index in [-0.39, 0.29) is 0 Å². The average Bonchev–Trinajstić information content (AvgIpc) is 3.58. The number of likely N-dealkylation sites (N-methyl/N-ethyl adjacent to an activating group) is 1. The molecule has 35 heavy (non-hydrogen) atoms. The molecule has 9 heteroatoms. The summed E-state index contributed by atoms with van der Waals surface area (Å²) in [6.07, 6.45) is 5.72. The minimum Gasteiger partial charge on any atom is -0.497 e. The van der Waals surface area contributed by atoms with Crippen LogP contribution in [0.4, 0.5) is 11.8 Å². The lowest BCUT2D eigenvalue weighted by Crippen LogP contribution is -2.46. The summed E-state index contributed by atoms with van der Waals surface area (Å²) in [6, 6.07) is 8.10. The fraction of sp³-hybridized carbons (Fsp3) is 0.577. The van der Waals surface area contributed by atoms with E-state index in [1.54, 1.807) is 7.11 Å². The van der Waals surface area contributed by atoms with Gasteiger partial charge in [-0.05, 0) is 63.1 Å². The molecule has 2 aliphatic heterocycles. The molecule has 2 aromatic heterocycles. The highest BCUT2D eigenvalue weighted by Gasteiger charge is 2.22. The highest BCUT2D eigenvalue weighted by Crippen LogP contribution is 2.26. The van der Waals surface area contributed by atoms with Gasteiger partial charge in [-0.1, -0.05) is 19.1 Å². The molecule has 0 saturated carbocycles. The first-order chi connectivity index (χ1) is 17.2. The zero-order chi connectivity index (χ0) is 24.0. The first-order valence-corrected chi connectivity index (χ1v) is 13.0. The predicted molar refractivity (Wildman–Crippen MR) is 140 cm³/mol. The second kappa shape index (κ2) is 11.2. The number of nitrogens with one attached hydrogen (secondary N) is 1. The first kappa shape index (κ1) is 23.8. The standard InChI is InChI=1S/C26H38N8O/c1-3-31-15-17-33(18-16-31)24-23-25(34(20-28-23)14-6-13-32-11-4-5-12-32)30-26(29-24)27-19-21-7-9-22(35-2)10-8-21/h7-10,20H,3-6,11-19H2,1-2H3,(H,27,29,30). The second-order valence-electron chi connectivity index (χ2n) is 9.51. The topological polar surface area (TPSA) is 74.6 Å². The van der Waals surface area contributed by atoms with Gasteiger partial charge >= 0.3 is 0 Å². The number of piperazine rings is 1. The molecule has 5 rings (SSSR count). The molecule has 0 aliphatic carbocycles. The molecule has 0 atom stereocenters. The molecule has 0 spiro atoms. The number of anilines is 2. The van der Waals surface area contributed by atoms with E-state index < -0.39 is 0 Å². The number of methoxy groups -OCH3 is 1. The van der Waals surface area contributed by atoms with E-state index in [4.69, 9.17) is 19.7 Å². The van der Waals surface area contributed by atoms with Crippen molar-refractivity contribution in [1.82, 2.24) is 29.3 Å². The fourth-order valence-corrected chi connectivity index (χ4v) is 5.06. The molecule has 1 N–H and O–H groups in total. The molecule has 1 aromatic carbocycles. The molecule has 9 nitrogen and oxygen atoms in total. The molecule has 3 aromatic rings. The maximum absolute atomic E-state index is 5.28. The summed E-state index contributed by atoms with van der Waals surface area (Å²) in [5, 5.41) is 3.46. The van der Waals surface area contributed by atoms with Crippen molar-refractivity contribution in [3.05, 3.63) is 36.2 Å². The van der Waals surface area contributed by atoms with Gasteiger partial charge in [-0.15, -0.1) is 0 Å². The zero-order valence-corrected chi connectivity index (χ0v) is 21.1. The highest BCUT2D eigenvalue weighted by atomic mass is 16.5. The molecular formula is C26H38N8O. The normalized spacial score (nSPS) is 17.4. The number of imidazole rings is 1. The maximum Gasteiger partial charge on any atom is 0.227 e. The third-order valence-electron chi connectivity index (χ3n) is 7.25. The van der Waals surface area contributed by atoms with Gasteiger partial charge in [0.05, 0.1) is 13.4 Å². The van der Waals surface area contributed by atoms with Crippen molar-refractivity contribution >= 4 is 22.9 Å². The number of nitrogens with zero attached hydrogens (tertiary/aromatic N) is 7. The Balaban J connectivity index is 1.36. The van der Waals surface area contributed by atoms with Crippen LogP contribution in [0.1, 0.15) is 31.7 Å². The molecule has 4 heterocycles. The van der Waals surface area contributed by atoms with E-state index in [0.29, 0.717) is 12.5 Å². The average molecular weight is 479 g/mol. The third-order valence-corrected chi connectivity index (χ3v) is 7.25. The minimum atomic E-state index is 0.654. The lowest BCUT2D eigenvalue weighted by molar-refractivity contribution is 0.271. The number of fused-ring (bicyclic) bond motifs is 1. The Hall–Kier alpha value is -2.91. The van der Waals surface area contributed by atoms with Crippen molar-refractivity contribution < 1.29 is 4.74 Å². The van der Waals surface area contributed by atoms with E-state index in [1.165, 1.54) is 25.9 Å². The van der Waals surface area contributed by atoms with E-state index in [2.05, 4.69) is 43.6 Å². The van der Waals surface area contributed by atoms with E-state index in [9.17, 15) is 0 Å². The summed E-state index contributed by atoms with van der Waals surface area (Å²) in [7, 11) is 1.69. The summed E-state index contributed by atoms with van der Waals surface area (Å²) in [4.78, 5) is 22.1. The van der Waals surface area contributed by atoms with Crippen LogP contribution in [0, 0.1) is 0 Å². The smallest absolute Gasteiger partial charge is 0.227 e. The van der Waals surface area contributed by atoms with Crippen LogP contribution in [-0.4, -0.2) is 88.8 Å². The summed E-state index contributed by atoms with van der Waals surface area (Å²) >= 11 is 0. The maximum atomic E-state index is 5.28. The molecule has 2 fully saturated rings. The molecule has 0 radical (unpaired) electrons. The molecule has 2 saturated heterocycles. The Morgan fingerprint density at radius 3 is 2.40 bits per heavy atom. The largest absolute Gasteiger partial charge is 0.497 e. The van der Waals surface area contributed by atoms with Gasteiger partial charge in [0, 0.05) is 39.3 Å². The Labute approximate surface area is 208 Å². The van der Waals surface area contributed by atoms with Crippen molar-refractivity contribution in [2.24, 2.45) is 0 Å². The second-order valence-corrected chi connectivity index (χ2v) is 9.51. The van der Waals surface area contributed by atoms with Gasteiger partial charge in [0.1, 0.15) is 5.75 Å². The fourth-order valence-electron chi connectivity index (χ4n) is 5.06. The molecule has 0 bridgehead atoms. The Kier molecular flexibility index (Phi) is 7.63. The molecule has 188 valence electrons. The van der Waals surface area contributed by atoms with Gasteiger partial charge in [-0.2, -0.15) is 9.97 Å². The van der Waals surface area contributed by atoms with Crippen molar-refractivity contribution in [2.45, 2.75) is 39.3 Å². The van der Waals surface area contributed by atoms with Crippen LogP contribution in [0.25, 0.3) is 11.2 Å². The van der Waals surface area contributed by atoms with Crippen LogP contribution in [-0.2, 0) is 13.1 Å². The summed E-state index contributed by atoms with van der Waals surface area (Å²) in [6.45, 7) is 12.5. The number of aromatic nitrogens is 4. The number of hydrogen-bond donors (Lipinski definition) is 1. The number of aryl methyl sites for hydroxylation is 1. The zero-order valence-electron chi connectivity index (χ0n) is 21.1. The van der Waals surface area contributed by atoms with Crippen LogP contribution in [0.5, 0.6) is 5.75 Å². The third kappa shape index (κ3) is 5.67. The number of likely N-dealkylation sites (tertiary alicyclic amines) is 1. The van der Waals surface area contributed by atoms with Crippen molar-refractivity contribution in [3.8, 4) is 5.75 Å². The number of rotatable bonds is 10. The van der Waals surface area contributed by atoms with Crippen LogP contribution in [0.15, 0.2) is 30.6 Å². The Bertz CT molecular complexity index is 1080. The molecular weight excluding hydrogens is 440 g/mol. The summed E-state index contributed by atoms with van der Waals surface area (Å²) in [5.41, 5.74) is 2.99. The van der Waals surface area contributed by atoms with Gasteiger partial charge in [0.2, 0.25) is 5.95 Å². The van der Waals surface area contributed by atoms with Crippen LogP contribution in [0.2, 0.25) is 0 Å². The summed E-state index contributed by atoms with van der Waals surface area (Å²) < 4.78 is 7.49. The first-order valence-electron chi connectivity index (χ1n) is 13.0. The number of hydrogen-bond acceptors (Lipinski definition) is 8. The monoisotopic (exact) mass is 478 g/mol. The van der Waals surface area contributed by atoms with Gasteiger partial charge in [0.15, 0.2) is 17.0 Å². The van der Waals surface area contributed by atoms with Crippen molar-refractivity contribution in [1.29, 1.82) is 0 Å². The SMILES string of the molecule is CCN1CCN(c2nc(NCc3ccc(OC)cc3)nc3c2ncn3CCCN2CCCC2)CC1. The van der Waals surface area contributed by atoms with Crippen LogP contribution < -0.4 is 15.0 Å². The van der Waals surface area contributed by atoms with Gasteiger partial charge in [-0.25, -0.2) is 4.98 Å².